The molecule has 1 aromatic rings. The molecule has 1 unspecified atom stereocenters. The molecule has 4 aliphatic heterocycles. The number of esters is 1. The number of anilines is 1. The van der Waals surface area contributed by atoms with Crippen LogP contribution in [-0.4, -0.2) is 217 Å². The molecule has 4 heterocycles. The molecule has 77 heavy (non-hydrogen) atoms. The lowest BCUT2D eigenvalue weighted by Crippen LogP contribution is -2.78. The number of aliphatic hydroxyl groups excluding tert-OH is 10. The highest BCUT2D eigenvalue weighted by Crippen LogP contribution is 2.84. The van der Waals surface area contributed by atoms with Crippen molar-refractivity contribution in [3.05, 3.63) is 29.8 Å². The maximum Gasteiger partial charge on any atom is 0.340 e. The van der Waals surface area contributed by atoms with Gasteiger partial charge in [-0.3, -0.25) is 0 Å². The van der Waals surface area contributed by atoms with Crippen molar-refractivity contribution in [2.24, 2.45) is 44.3 Å². The number of para-hydroxylation sites is 1. The summed E-state index contributed by atoms with van der Waals surface area (Å²) in [6, 6.07) is 7.04. The molecule has 9 aliphatic rings. The van der Waals surface area contributed by atoms with E-state index in [2.05, 4.69) is 33.0 Å². The maximum atomic E-state index is 13.8. The van der Waals surface area contributed by atoms with Gasteiger partial charge in [-0.2, -0.15) is 0 Å². The molecule has 0 amide bonds. The van der Waals surface area contributed by atoms with Gasteiger partial charge in [-0.25, -0.2) is 4.79 Å². The van der Waals surface area contributed by atoms with Crippen LogP contribution in [0.4, 0.5) is 5.69 Å². The Morgan fingerprint density at radius 3 is 1.99 bits per heavy atom. The second-order valence-corrected chi connectivity index (χ2v) is 25.8. The number of aliphatic hydroxyl groups is 11. The molecular weight excluding hydrogens is 1010 g/mol. The molecule has 0 radical (unpaired) electrons. The Morgan fingerprint density at radius 2 is 1.38 bits per heavy atom. The number of epoxide rings is 1. The number of rotatable bonds is 13. The Bertz CT molecular complexity index is 2350. The Labute approximate surface area is 448 Å². The minimum absolute atomic E-state index is 0.0384. The molecule has 1 spiro atoms. The van der Waals surface area contributed by atoms with E-state index in [-0.39, 0.29) is 37.4 Å². The highest BCUT2D eigenvalue weighted by Gasteiger charge is 2.89. The van der Waals surface area contributed by atoms with Crippen LogP contribution in [0.3, 0.4) is 0 Å². The summed E-state index contributed by atoms with van der Waals surface area (Å²) in [5.41, 5.74) is -5.86. The summed E-state index contributed by atoms with van der Waals surface area (Å²) in [5.74, 6) is -0.662. The van der Waals surface area contributed by atoms with Gasteiger partial charge >= 0.3 is 5.97 Å². The van der Waals surface area contributed by atoms with E-state index in [1.54, 1.807) is 32.2 Å². The molecule has 10 rings (SSSR count). The molecule has 27 atom stereocenters. The Kier molecular flexibility index (Phi) is 15.1. The van der Waals surface area contributed by atoms with Crippen LogP contribution in [0, 0.1) is 44.3 Å². The minimum atomic E-state index is -1.89. The highest BCUT2D eigenvalue weighted by atomic mass is 16.8. The van der Waals surface area contributed by atoms with Gasteiger partial charge < -0.3 is 104 Å². The van der Waals surface area contributed by atoms with Gasteiger partial charge in [0.2, 0.25) is 0 Å². The molecule has 434 valence electrons. The molecule has 0 bridgehead atoms. The van der Waals surface area contributed by atoms with E-state index in [9.17, 15) is 65.8 Å². The topological polar surface area (TPSA) is 346 Å². The zero-order valence-corrected chi connectivity index (χ0v) is 45.1. The van der Waals surface area contributed by atoms with E-state index in [1.807, 2.05) is 13.0 Å². The van der Waals surface area contributed by atoms with Crippen LogP contribution in [-0.2, 0) is 42.7 Å². The fourth-order valence-electron chi connectivity index (χ4n) is 17.2. The predicted octanol–water partition coefficient (Wildman–Crippen LogP) is -0.365. The molecule has 4 saturated heterocycles. The fourth-order valence-corrected chi connectivity index (χ4v) is 17.2. The number of carbonyl (C=O) groups is 2. The maximum absolute atomic E-state index is 13.8. The molecule has 12 N–H and O–H groups in total. The molecule has 5 aliphatic carbocycles. The van der Waals surface area contributed by atoms with Gasteiger partial charge in [0, 0.05) is 29.0 Å². The Morgan fingerprint density at radius 1 is 0.740 bits per heavy atom. The molecular formula is C55H83NO21. The van der Waals surface area contributed by atoms with Crippen LogP contribution in [0.25, 0.3) is 0 Å². The van der Waals surface area contributed by atoms with E-state index in [4.69, 9.17) is 37.9 Å². The smallest absolute Gasteiger partial charge is 0.340 e. The van der Waals surface area contributed by atoms with Crippen molar-refractivity contribution >= 4 is 17.9 Å². The summed E-state index contributed by atoms with van der Waals surface area (Å²) in [4.78, 5) is 27.2. The molecule has 9 fully saturated rings. The summed E-state index contributed by atoms with van der Waals surface area (Å²) in [5, 5.41) is 124. The highest BCUT2D eigenvalue weighted by molar-refractivity contribution is 5.95. The standard InChI is InChI=1S/C55H83NO21/c1-48(24-59)23-54(69)49(2,19-35(48)74-44(68)26-10-8-9-11-27(26)56-7)16-17-53(6)52(5)15-12-31-50(3,32(52)18-34-55(53,54)77-34)14-13-33(51(31,4)25-60)75-47-43(76-46-42(67)40(65)37(62)29(21-58)72-46)38(63)30(22-70-47)73-45-41(66)39(64)36(61)28(20-57)71-45/h8-11,24,28-43,45-47,56-58,60-67,69H,12-23,25H2,1-7H3/t28-,29-,30-,31?,32-,33-,34+,35-,36-,37-,38+,39+,40+,41-,42-,43-,45+,46+,47+,48-,49+,50+,51-,52+,53+,54+,55+/m0/s1. The van der Waals surface area contributed by atoms with Gasteiger partial charge in [-0.1, -0.05) is 46.8 Å². The van der Waals surface area contributed by atoms with Crippen LogP contribution in [0.2, 0.25) is 0 Å². The normalized spacial score (nSPS) is 54.1. The average molecular weight is 1090 g/mol. The zero-order valence-electron chi connectivity index (χ0n) is 45.1. The first-order chi connectivity index (χ1) is 36.3. The van der Waals surface area contributed by atoms with Gasteiger partial charge in [-0.05, 0) is 99.5 Å². The van der Waals surface area contributed by atoms with Gasteiger partial charge in [-0.15, -0.1) is 0 Å². The van der Waals surface area contributed by atoms with Crippen molar-refractivity contribution in [3.63, 3.8) is 0 Å². The van der Waals surface area contributed by atoms with Gasteiger partial charge in [0.05, 0.1) is 49.6 Å². The van der Waals surface area contributed by atoms with Crippen molar-refractivity contribution < 1.29 is 104 Å². The van der Waals surface area contributed by atoms with Crippen LogP contribution in [0.5, 0.6) is 0 Å². The van der Waals surface area contributed by atoms with Crippen LogP contribution < -0.4 is 5.32 Å². The average Bonchev–Trinajstić information content (AvgIpc) is 3.92. The van der Waals surface area contributed by atoms with Crippen molar-refractivity contribution in [3.8, 4) is 0 Å². The monoisotopic (exact) mass is 1090 g/mol. The summed E-state index contributed by atoms with van der Waals surface area (Å²) in [6.45, 7) is 10.4. The van der Waals surface area contributed by atoms with Gasteiger partial charge in [0.1, 0.15) is 90.7 Å². The first-order valence-corrected chi connectivity index (χ1v) is 27.6. The number of hydrogen-bond donors (Lipinski definition) is 12. The first kappa shape index (κ1) is 57.7. The van der Waals surface area contributed by atoms with Crippen LogP contribution in [0.15, 0.2) is 24.3 Å². The molecule has 5 saturated carbocycles. The third-order valence-electron chi connectivity index (χ3n) is 22.1. The van der Waals surface area contributed by atoms with Crippen molar-refractivity contribution in [1.29, 1.82) is 0 Å². The second kappa shape index (κ2) is 20.1. The molecule has 22 heteroatoms. The van der Waals surface area contributed by atoms with E-state index in [1.165, 1.54) is 0 Å². The second-order valence-electron chi connectivity index (χ2n) is 25.8. The lowest BCUT2D eigenvalue weighted by Gasteiger charge is -2.74. The molecule has 1 aromatic carbocycles. The number of ether oxygens (including phenoxy) is 8. The molecule has 0 aromatic heterocycles. The zero-order chi connectivity index (χ0) is 55.8. The van der Waals surface area contributed by atoms with Gasteiger partial charge in [0.15, 0.2) is 18.9 Å². The van der Waals surface area contributed by atoms with E-state index >= 15 is 0 Å². The predicted molar refractivity (Wildman–Crippen MR) is 266 cm³/mol. The van der Waals surface area contributed by atoms with E-state index < -0.39 is 168 Å². The summed E-state index contributed by atoms with van der Waals surface area (Å²) in [7, 11) is 1.72. The SMILES string of the molecule is CNc1ccccc1C(=O)O[C@H]1C[C@@]2(C)CC[C@@]3(C)[C@@]4(O[C@@H]4C[C@H]4[C@]5(C)CC[C@H](O[C@H]6OC[C@H](O[C@H]7O[C@@H](CO)[C@H](O)[C@@H](O)[C@@H]7O)[C@@H](O)[C@@H]6O[C@H]6O[C@@H](CO)[C@H](O)[C@@H](O)[C@@H]6O)[C@@](C)(CO)C5CC[C@]43C)[C@@]2(O)C[C@@]1(C)C=O. The largest absolute Gasteiger partial charge is 0.458 e. The third-order valence-corrected chi connectivity index (χ3v) is 22.1. The first-order valence-electron chi connectivity index (χ1n) is 27.6. The lowest BCUT2D eigenvalue weighted by molar-refractivity contribution is -0.383. The Hall–Kier alpha value is -2.56. The third kappa shape index (κ3) is 8.31. The van der Waals surface area contributed by atoms with Crippen LogP contribution in [0.1, 0.15) is 110 Å². The van der Waals surface area contributed by atoms with Crippen molar-refractivity contribution in [1.82, 2.24) is 0 Å². The fraction of sp³-hybridized carbons (Fsp3) is 0.855. The molecule has 22 nitrogen and oxygen atoms in total. The number of nitrogens with one attached hydrogen (secondary N) is 1. The summed E-state index contributed by atoms with van der Waals surface area (Å²) >= 11 is 0. The van der Waals surface area contributed by atoms with Crippen molar-refractivity contribution in [2.45, 2.75) is 215 Å². The van der Waals surface area contributed by atoms with Gasteiger partial charge in [0.25, 0.3) is 0 Å². The number of aldehydes is 1. The summed E-state index contributed by atoms with van der Waals surface area (Å²) in [6.07, 6.45) is -19.7. The number of hydrogen-bond acceptors (Lipinski definition) is 22. The summed E-state index contributed by atoms with van der Waals surface area (Å²) < 4.78 is 49.9. The van der Waals surface area contributed by atoms with E-state index in [0.717, 1.165) is 6.29 Å². The van der Waals surface area contributed by atoms with Crippen LogP contribution >= 0.6 is 0 Å². The number of fused-ring (bicyclic) bond motifs is 5. The number of carbonyl (C=O) groups excluding carboxylic acids is 2. The van der Waals surface area contributed by atoms with Crippen molar-refractivity contribution in [2.75, 3.05) is 38.8 Å². The van der Waals surface area contributed by atoms with E-state index in [0.29, 0.717) is 56.2 Å². The minimum Gasteiger partial charge on any atom is -0.458 e. The quantitative estimate of drug-likeness (QED) is 0.0519. The Balaban J connectivity index is 0.899. The lowest BCUT2D eigenvalue weighted by atomic mass is 9.30. The number of benzene rings is 1.